The van der Waals surface area contributed by atoms with Gasteiger partial charge in [0.1, 0.15) is 32.7 Å². The summed E-state index contributed by atoms with van der Waals surface area (Å²) in [5.41, 5.74) is 1.10. The van der Waals surface area contributed by atoms with Crippen LogP contribution in [0.2, 0.25) is 10.0 Å². The fraction of sp³-hybridized carbons (Fsp3) is 0.455. The number of benzene rings is 1. The second kappa shape index (κ2) is 5.17. The summed E-state index contributed by atoms with van der Waals surface area (Å²) in [5, 5.41) is 3.95. The number of nitrogens with two attached hydrogens (primary N) is 1. The summed E-state index contributed by atoms with van der Waals surface area (Å²) in [4.78, 5) is 1.58. The Hall–Kier alpha value is -0.280. The van der Waals surface area contributed by atoms with E-state index in [0.29, 0.717) is 0 Å². The normalized spacial score (nSPS) is 18.0. The first-order chi connectivity index (χ1) is 7.27. The van der Waals surface area contributed by atoms with Crippen LogP contribution in [0.1, 0.15) is 5.56 Å². The van der Waals surface area contributed by atoms with Gasteiger partial charge in [-0.1, -0.05) is 29.3 Å². The number of nitrogens with one attached hydrogen (secondary N) is 1. The van der Waals surface area contributed by atoms with Gasteiger partial charge in [-0.2, -0.15) is 0 Å². The van der Waals surface area contributed by atoms with Gasteiger partial charge in [-0.3, -0.25) is 0 Å². The average Bonchev–Trinajstić information content (AvgIpc) is 2.25. The van der Waals surface area contributed by atoms with Gasteiger partial charge in [0.15, 0.2) is 0 Å². The van der Waals surface area contributed by atoms with Crippen molar-refractivity contribution in [1.29, 1.82) is 0 Å². The lowest BCUT2D eigenvalue weighted by Crippen LogP contribution is -3.19. The topological polar surface area (TPSA) is 21.1 Å². The lowest BCUT2D eigenvalue weighted by atomic mass is 10.2. The second-order valence-electron chi connectivity index (χ2n) is 3.99. The maximum absolute atomic E-state index is 6.14. The van der Waals surface area contributed by atoms with Crippen LogP contribution >= 0.6 is 23.2 Å². The molecule has 1 aromatic rings. The summed E-state index contributed by atoms with van der Waals surface area (Å²) >= 11 is 12.3. The van der Waals surface area contributed by atoms with E-state index in [-0.39, 0.29) is 0 Å². The summed E-state index contributed by atoms with van der Waals surface area (Å²) in [6.45, 7) is 5.75. The molecule has 2 rings (SSSR count). The third-order valence-electron chi connectivity index (χ3n) is 2.89. The van der Waals surface area contributed by atoms with E-state index in [1.807, 2.05) is 18.2 Å². The van der Waals surface area contributed by atoms with Gasteiger partial charge in [0.05, 0.1) is 10.0 Å². The Morgan fingerprint density at radius 3 is 2.33 bits per heavy atom. The Bertz CT molecular complexity index is 315. The molecule has 1 fully saturated rings. The number of halogens is 2. The van der Waals surface area contributed by atoms with Crippen molar-refractivity contribution in [1.82, 2.24) is 0 Å². The highest BCUT2D eigenvalue weighted by atomic mass is 35.5. The Morgan fingerprint density at radius 2 is 1.73 bits per heavy atom. The van der Waals surface area contributed by atoms with Crippen LogP contribution in [0.5, 0.6) is 0 Å². The fourth-order valence-electron chi connectivity index (χ4n) is 2.01. The maximum Gasteiger partial charge on any atom is 0.127 e. The molecule has 1 aromatic carbocycles. The van der Waals surface area contributed by atoms with E-state index in [9.17, 15) is 0 Å². The molecule has 4 heteroatoms. The van der Waals surface area contributed by atoms with Crippen LogP contribution in [0, 0.1) is 0 Å². The van der Waals surface area contributed by atoms with Crippen molar-refractivity contribution in [3.05, 3.63) is 33.8 Å². The van der Waals surface area contributed by atoms with Crippen molar-refractivity contribution >= 4 is 23.2 Å². The van der Waals surface area contributed by atoms with Gasteiger partial charge in [-0.25, -0.2) is 0 Å². The fourth-order valence-corrected chi connectivity index (χ4v) is 2.54. The van der Waals surface area contributed by atoms with Crippen molar-refractivity contribution in [2.24, 2.45) is 0 Å². The molecule has 0 radical (unpaired) electrons. The molecule has 1 saturated heterocycles. The predicted octanol–water partition coefficient (Wildman–Crippen LogP) is -0.0447. The Morgan fingerprint density at radius 1 is 1.13 bits per heavy atom. The van der Waals surface area contributed by atoms with Gasteiger partial charge >= 0.3 is 0 Å². The zero-order valence-electron chi connectivity index (χ0n) is 8.60. The minimum absolute atomic E-state index is 0.796. The summed E-state index contributed by atoms with van der Waals surface area (Å²) in [6, 6.07) is 5.73. The highest BCUT2D eigenvalue weighted by molar-refractivity contribution is 6.35. The molecule has 0 atom stereocenters. The minimum atomic E-state index is 0.796. The van der Waals surface area contributed by atoms with Crippen LogP contribution in [0.3, 0.4) is 0 Å². The van der Waals surface area contributed by atoms with E-state index >= 15 is 0 Å². The van der Waals surface area contributed by atoms with Crippen molar-refractivity contribution in [2.75, 3.05) is 26.2 Å². The van der Waals surface area contributed by atoms with Crippen LogP contribution in [-0.2, 0) is 6.54 Å². The number of hydrogen-bond acceptors (Lipinski definition) is 0. The van der Waals surface area contributed by atoms with Gasteiger partial charge < -0.3 is 10.2 Å². The maximum atomic E-state index is 6.14. The predicted molar refractivity (Wildman–Crippen MR) is 62.5 cm³/mol. The molecule has 0 amide bonds. The zero-order valence-corrected chi connectivity index (χ0v) is 10.1. The Balaban J connectivity index is 2.09. The highest BCUT2D eigenvalue weighted by Crippen LogP contribution is 2.23. The summed E-state index contributed by atoms with van der Waals surface area (Å²) in [7, 11) is 0. The zero-order chi connectivity index (χ0) is 10.7. The highest BCUT2D eigenvalue weighted by Gasteiger charge is 2.18. The monoisotopic (exact) mass is 246 g/mol. The lowest BCUT2D eigenvalue weighted by molar-refractivity contribution is -0.958. The summed E-state index contributed by atoms with van der Waals surface area (Å²) in [5.74, 6) is 0. The minimum Gasteiger partial charge on any atom is -0.337 e. The quantitative estimate of drug-likeness (QED) is 0.731. The van der Waals surface area contributed by atoms with Crippen molar-refractivity contribution in [2.45, 2.75) is 6.54 Å². The van der Waals surface area contributed by atoms with E-state index < -0.39 is 0 Å². The van der Waals surface area contributed by atoms with E-state index in [2.05, 4.69) is 5.32 Å². The molecule has 1 heterocycles. The second-order valence-corrected chi connectivity index (χ2v) is 4.81. The molecule has 3 N–H and O–H groups in total. The van der Waals surface area contributed by atoms with E-state index in [0.717, 1.165) is 22.2 Å². The van der Waals surface area contributed by atoms with Crippen LogP contribution in [0.25, 0.3) is 0 Å². The molecule has 1 aliphatic heterocycles. The Kier molecular flexibility index (Phi) is 3.87. The van der Waals surface area contributed by atoms with Crippen molar-refractivity contribution in [3.8, 4) is 0 Å². The molecule has 0 spiro atoms. The molecule has 0 aliphatic carbocycles. The molecule has 0 unspecified atom stereocenters. The molecular weight excluding hydrogens is 231 g/mol. The molecule has 0 bridgehead atoms. The Labute approximate surface area is 100 Å². The molecule has 82 valence electrons. The van der Waals surface area contributed by atoms with Crippen LogP contribution in [0.4, 0.5) is 0 Å². The van der Waals surface area contributed by atoms with Gasteiger partial charge in [-0.15, -0.1) is 0 Å². The van der Waals surface area contributed by atoms with Crippen molar-refractivity contribution < 1.29 is 10.2 Å². The standard InChI is InChI=1S/C11H14Cl2N2/c12-10-2-1-3-11(13)9(10)8-15-6-4-14-5-7-15/h1-3,14H,4-8H2/p+2. The first-order valence-electron chi connectivity index (χ1n) is 5.35. The lowest BCUT2D eigenvalue weighted by Gasteiger charge is -2.22. The van der Waals surface area contributed by atoms with Crippen LogP contribution < -0.4 is 10.2 Å². The van der Waals surface area contributed by atoms with Crippen molar-refractivity contribution in [3.63, 3.8) is 0 Å². The smallest absolute Gasteiger partial charge is 0.127 e. The number of piperazine rings is 1. The average molecular weight is 247 g/mol. The number of quaternary nitrogens is 2. The molecular formula is C11H16Cl2N2+2. The molecule has 0 aromatic heterocycles. The van der Waals surface area contributed by atoms with Crippen LogP contribution in [-0.4, -0.2) is 26.2 Å². The number of hydrogen-bond donors (Lipinski definition) is 2. The summed E-state index contributed by atoms with van der Waals surface area (Å²) in [6.07, 6.45) is 0. The largest absolute Gasteiger partial charge is 0.337 e. The van der Waals surface area contributed by atoms with Crippen LogP contribution in [0.15, 0.2) is 18.2 Å². The van der Waals surface area contributed by atoms with Gasteiger partial charge in [0, 0.05) is 5.56 Å². The van der Waals surface area contributed by atoms with E-state index in [1.54, 1.807) is 4.90 Å². The molecule has 2 nitrogen and oxygen atoms in total. The summed E-state index contributed by atoms with van der Waals surface area (Å²) < 4.78 is 0. The SMILES string of the molecule is Clc1cccc(Cl)c1C[NH+]1CC[NH2+]CC1. The van der Waals surface area contributed by atoms with E-state index in [4.69, 9.17) is 23.2 Å². The third-order valence-corrected chi connectivity index (χ3v) is 3.60. The molecule has 1 aliphatic rings. The van der Waals surface area contributed by atoms with E-state index in [1.165, 1.54) is 26.2 Å². The first kappa shape index (κ1) is 11.2. The van der Waals surface area contributed by atoms with Gasteiger partial charge in [-0.05, 0) is 12.1 Å². The number of rotatable bonds is 2. The van der Waals surface area contributed by atoms with Gasteiger partial charge in [0.2, 0.25) is 0 Å². The van der Waals surface area contributed by atoms with Gasteiger partial charge in [0.25, 0.3) is 0 Å². The first-order valence-corrected chi connectivity index (χ1v) is 6.11. The molecule has 0 saturated carbocycles. The third kappa shape index (κ3) is 2.85. The molecule has 15 heavy (non-hydrogen) atoms.